The van der Waals surface area contributed by atoms with E-state index in [4.69, 9.17) is 0 Å². The topological polar surface area (TPSA) is 78.9 Å². The maximum absolute atomic E-state index is 11.5. The minimum atomic E-state index is -0.796. The Labute approximate surface area is 134 Å². The average molecular weight is 316 g/mol. The maximum atomic E-state index is 11.5. The van der Waals surface area contributed by atoms with Crippen molar-refractivity contribution in [2.75, 3.05) is 6.54 Å². The number of nitrogens with one attached hydrogen (secondary N) is 1. The Balaban J connectivity index is 3.60. The molecule has 0 saturated carbocycles. The van der Waals surface area contributed by atoms with Gasteiger partial charge >= 0.3 is 12.0 Å². The number of amides is 2. The molecule has 6 heteroatoms. The van der Waals surface area contributed by atoms with Crippen LogP contribution < -0.4 is 5.32 Å². The van der Waals surface area contributed by atoms with Gasteiger partial charge in [0.05, 0.1) is 0 Å². The molecule has 22 heavy (non-hydrogen) atoms. The molecule has 0 aromatic carbocycles. The van der Waals surface area contributed by atoms with E-state index in [-0.39, 0.29) is 11.6 Å². The lowest BCUT2D eigenvalue weighted by Crippen LogP contribution is -2.39. The van der Waals surface area contributed by atoms with Crippen molar-refractivity contribution in [1.82, 2.24) is 10.5 Å². The van der Waals surface area contributed by atoms with E-state index >= 15 is 0 Å². The summed E-state index contributed by atoms with van der Waals surface area (Å²) in [5, 5.41) is 11.9. The largest absolute Gasteiger partial charge is 0.376 e. The molecule has 0 aromatic rings. The molecule has 0 radical (unpaired) electrons. The molecule has 0 unspecified atom stereocenters. The van der Waals surface area contributed by atoms with Crippen LogP contribution in [0, 0.1) is 0 Å². The molecule has 0 atom stereocenters. The Morgan fingerprint density at radius 2 is 1.45 bits per heavy atom. The van der Waals surface area contributed by atoms with Gasteiger partial charge < -0.3 is 10.2 Å². The minimum absolute atomic E-state index is 0.000416. The first-order chi connectivity index (χ1) is 10.6. The first kappa shape index (κ1) is 20.7. The third-order valence-corrected chi connectivity index (χ3v) is 3.40. The summed E-state index contributed by atoms with van der Waals surface area (Å²) in [5.74, 6) is -0.586. The number of hydrogen-bond acceptors (Lipinski definition) is 4. The van der Waals surface area contributed by atoms with Gasteiger partial charge in [0.2, 0.25) is 0 Å². The fraction of sp³-hybridized carbons (Fsp3) is 0.875. The van der Waals surface area contributed by atoms with E-state index < -0.39 is 12.0 Å². The van der Waals surface area contributed by atoms with Gasteiger partial charge in [-0.15, -0.1) is 0 Å². The van der Waals surface area contributed by atoms with Crippen LogP contribution in [0.5, 0.6) is 0 Å². The lowest BCUT2D eigenvalue weighted by molar-refractivity contribution is -0.278. The molecule has 0 spiro atoms. The highest BCUT2D eigenvalue weighted by molar-refractivity contribution is 5.75. The molecule has 0 bridgehead atoms. The lowest BCUT2D eigenvalue weighted by atomic mass is 10.1. The summed E-state index contributed by atoms with van der Waals surface area (Å²) in [5.41, 5.74) is 0. The van der Waals surface area contributed by atoms with Gasteiger partial charge in [-0.3, -0.25) is 5.21 Å². The molecule has 0 saturated heterocycles. The molecule has 0 fully saturated rings. The van der Waals surface area contributed by atoms with E-state index in [2.05, 4.69) is 24.0 Å². The number of nitrogens with zero attached hydrogens (tertiary/aromatic N) is 1. The highest BCUT2D eigenvalue weighted by atomic mass is 16.9. The molecule has 0 heterocycles. The van der Waals surface area contributed by atoms with Crippen LogP contribution in [-0.2, 0) is 9.63 Å². The second-order valence-electron chi connectivity index (χ2n) is 5.55. The summed E-state index contributed by atoms with van der Waals surface area (Å²) in [6, 6.07) is -0.796. The first-order valence-corrected chi connectivity index (χ1v) is 8.59. The van der Waals surface area contributed by atoms with Crippen LogP contribution in [0.2, 0.25) is 0 Å². The van der Waals surface area contributed by atoms with Gasteiger partial charge in [-0.2, -0.15) is 0 Å². The Bertz CT molecular complexity index is 298. The van der Waals surface area contributed by atoms with Crippen LogP contribution in [0.4, 0.5) is 4.79 Å². The predicted molar refractivity (Wildman–Crippen MR) is 85.3 cm³/mol. The second-order valence-corrected chi connectivity index (χ2v) is 5.55. The van der Waals surface area contributed by atoms with Crippen LogP contribution >= 0.6 is 0 Å². The number of rotatable bonds is 12. The predicted octanol–water partition coefficient (Wildman–Crippen LogP) is 4.18. The van der Waals surface area contributed by atoms with Gasteiger partial charge in [0, 0.05) is 13.0 Å². The zero-order valence-electron chi connectivity index (χ0n) is 14.1. The van der Waals surface area contributed by atoms with Gasteiger partial charge in [-0.1, -0.05) is 65.2 Å². The van der Waals surface area contributed by atoms with Gasteiger partial charge in [-0.25, -0.2) is 9.59 Å². The number of hydrogen-bond donors (Lipinski definition) is 2. The molecule has 0 rings (SSSR count). The van der Waals surface area contributed by atoms with Gasteiger partial charge in [0.25, 0.3) is 0 Å². The Hall–Kier alpha value is -1.30. The van der Waals surface area contributed by atoms with Crippen molar-refractivity contribution < 1.29 is 19.6 Å². The number of carbonyl (C=O) groups is 2. The van der Waals surface area contributed by atoms with Crippen molar-refractivity contribution in [3.05, 3.63) is 0 Å². The fourth-order valence-electron chi connectivity index (χ4n) is 2.05. The molecular weight excluding hydrogens is 284 g/mol. The van der Waals surface area contributed by atoms with Crippen LogP contribution in [0.1, 0.15) is 84.5 Å². The molecule has 0 aliphatic heterocycles. The average Bonchev–Trinajstić information content (AvgIpc) is 2.50. The van der Waals surface area contributed by atoms with Crippen molar-refractivity contribution in [2.45, 2.75) is 84.5 Å². The van der Waals surface area contributed by atoms with Gasteiger partial charge in [-0.05, 0) is 18.1 Å². The zero-order chi connectivity index (χ0) is 16.6. The monoisotopic (exact) mass is 316 g/mol. The number of unbranched alkanes of at least 4 members (excludes halogenated alkanes) is 8. The summed E-state index contributed by atoms with van der Waals surface area (Å²) in [4.78, 5) is 27.5. The molecular formula is C16H32N2O4. The number of carbonyl (C=O) groups excluding carboxylic acids is 2. The summed E-state index contributed by atoms with van der Waals surface area (Å²) >= 11 is 0. The molecule has 130 valence electrons. The van der Waals surface area contributed by atoms with Gasteiger partial charge in [0.15, 0.2) is 0 Å². The quantitative estimate of drug-likeness (QED) is 0.322. The molecule has 0 aliphatic rings. The molecule has 0 aliphatic carbocycles. The van der Waals surface area contributed by atoms with E-state index in [0.717, 1.165) is 44.9 Å². The Morgan fingerprint density at radius 1 is 0.909 bits per heavy atom. The van der Waals surface area contributed by atoms with Crippen molar-refractivity contribution >= 4 is 12.0 Å². The fourth-order valence-corrected chi connectivity index (χ4v) is 2.05. The van der Waals surface area contributed by atoms with Crippen molar-refractivity contribution in [3.8, 4) is 0 Å². The normalized spacial score (nSPS) is 10.3. The van der Waals surface area contributed by atoms with Crippen LogP contribution in [0.3, 0.4) is 0 Å². The summed E-state index contributed by atoms with van der Waals surface area (Å²) in [6.45, 7) is 4.73. The van der Waals surface area contributed by atoms with E-state index in [9.17, 15) is 14.8 Å². The highest BCUT2D eigenvalue weighted by Gasteiger charge is 2.15. The third kappa shape index (κ3) is 12.4. The molecule has 2 N–H and O–H groups in total. The van der Waals surface area contributed by atoms with Crippen molar-refractivity contribution in [1.29, 1.82) is 0 Å². The minimum Gasteiger partial charge on any atom is -0.334 e. The van der Waals surface area contributed by atoms with Crippen molar-refractivity contribution in [2.24, 2.45) is 0 Å². The van der Waals surface area contributed by atoms with E-state index in [1.165, 1.54) is 12.8 Å². The highest BCUT2D eigenvalue weighted by Crippen LogP contribution is 2.06. The van der Waals surface area contributed by atoms with Crippen LogP contribution in [-0.4, -0.2) is 29.0 Å². The van der Waals surface area contributed by atoms with Crippen molar-refractivity contribution in [3.63, 3.8) is 0 Å². The molecule has 0 aromatic heterocycles. The maximum Gasteiger partial charge on any atom is 0.376 e. The lowest BCUT2D eigenvalue weighted by Gasteiger charge is -2.14. The summed E-state index contributed by atoms with van der Waals surface area (Å²) < 4.78 is 0. The second kappa shape index (κ2) is 14.6. The zero-order valence-corrected chi connectivity index (χ0v) is 14.1. The van der Waals surface area contributed by atoms with E-state index in [0.29, 0.717) is 13.0 Å². The van der Waals surface area contributed by atoms with Crippen LogP contribution in [0.15, 0.2) is 0 Å². The Kier molecular flexibility index (Phi) is 13.8. The Morgan fingerprint density at radius 3 is 2.05 bits per heavy atom. The smallest absolute Gasteiger partial charge is 0.334 e. The van der Waals surface area contributed by atoms with E-state index in [1.54, 1.807) is 0 Å². The molecule has 2 amide bonds. The third-order valence-electron chi connectivity index (χ3n) is 3.40. The van der Waals surface area contributed by atoms with Gasteiger partial charge in [0.1, 0.15) is 0 Å². The SMILES string of the molecule is CCCCCCCNC(=O)N(O)OC(=O)CCCCCCC. The van der Waals surface area contributed by atoms with Crippen LogP contribution in [0.25, 0.3) is 0 Å². The first-order valence-electron chi connectivity index (χ1n) is 8.59. The molecule has 6 nitrogen and oxygen atoms in total. The summed E-state index contributed by atoms with van der Waals surface area (Å²) in [6.07, 6.45) is 10.7. The summed E-state index contributed by atoms with van der Waals surface area (Å²) in [7, 11) is 0. The number of hydroxylamine groups is 2. The number of urea groups is 1. The van der Waals surface area contributed by atoms with E-state index in [1.807, 2.05) is 0 Å². The standard InChI is InChI=1S/C16H32N2O4/c1-3-5-7-9-11-13-15(19)22-18(21)16(20)17-14-12-10-8-6-4-2/h21H,3-14H2,1-2H3,(H,17,20).